The van der Waals surface area contributed by atoms with E-state index in [9.17, 15) is 23.7 Å². The lowest BCUT2D eigenvalue weighted by Crippen LogP contribution is -2.38. The van der Waals surface area contributed by atoms with Gasteiger partial charge < -0.3 is 33.3 Å². The van der Waals surface area contributed by atoms with Crippen LogP contribution < -0.4 is 0 Å². The predicted octanol–water partition coefficient (Wildman–Crippen LogP) is 8.37. The fourth-order valence-corrected chi connectivity index (χ4v) is 8.27. The van der Waals surface area contributed by atoms with Crippen molar-refractivity contribution in [1.82, 2.24) is 9.80 Å². The van der Waals surface area contributed by atoms with Crippen LogP contribution in [0.15, 0.2) is 58.3 Å². The van der Waals surface area contributed by atoms with Crippen LogP contribution in [0.4, 0.5) is 9.59 Å². The molecule has 0 unspecified atom stereocenters. The van der Waals surface area contributed by atoms with Crippen LogP contribution in [0, 0.1) is 23.7 Å². The van der Waals surface area contributed by atoms with Gasteiger partial charge in [-0.15, -0.1) is 0 Å². The van der Waals surface area contributed by atoms with Gasteiger partial charge in [0.1, 0.15) is 22.4 Å². The molecule has 0 aliphatic carbocycles. The Hall–Kier alpha value is -3.77. The molecule has 12 heteroatoms. The number of hydrogen-bond acceptors (Lipinski definition) is 9. The van der Waals surface area contributed by atoms with E-state index < -0.39 is 57.6 Å². The van der Waals surface area contributed by atoms with Crippen LogP contribution in [0.5, 0.6) is 0 Å². The number of esters is 2. The molecule has 2 aliphatic heterocycles. The highest BCUT2D eigenvalue weighted by Gasteiger charge is 2.41. The number of carbonyl (C=O) groups is 4. The fraction of sp³-hybridized carbons (Fsp3) is 0.636. The highest BCUT2D eigenvalue weighted by Crippen LogP contribution is 2.34. The summed E-state index contributed by atoms with van der Waals surface area (Å²) in [6.45, 7) is 23.7. The summed E-state index contributed by atoms with van der Waals surface area (Å²) in [6, 6.07) is 14.9. The average molecular weight is 797 g/mol. The largest absolute Gasteiger partial charge is 0.606 e. The second-order valence-corrected chi connectivity index (χ2v) is 20.7. The van der Waals surface area contributed by atoms with E-state index in [1.54, 1.807) is 9.80 Å². The molecule has 2 aliphatic rings. The quantitative estimate of drug-likeness (QED) is 0.132. The van der Waals surface area contributed by atoms with Crippen LogP contribution in [0.25, 0.3) is 0 Å². The molecular formula is C44H64N2O9S. The first-order valence-electron chi connectivity index (χ1n) is 19.8. The van der Waals surface area contributed by atoms with Gasteiger partial charge in [-0.3, -0.25) is 9.59 Å². The zero-order valence-electron chi connectivity index (χ0n) is 35.6. The summed E-state index contributed by atoms with van der Waals surface area (Å²) < 4.78 is 37.1. The topological polar surface area (TPSA) is 135 Å². The van der Waals surface area contributed by atoms with Crippen LogP contribution in [-0.2, 0) is 52.6 Å². The van der Waals surface area contributed by atoms with Crippen molar-refractivity contribution in [2.24, 2.45) is 23.7 Å². The van der Waals surface area contributed by atoms with E-state index in [0.717, 1.165) is 11.1 Å². The Balaban J connectivity index is 1.53. The molecule has 2 saturated heterocycles. The third kappa shape index (κ3) is 13.7. The number of amides is 2. The standard InChI is InChI=1S/C44H64N2O9S/c1-41(2,3)52-37(47)35(31-19-21-45(27-31)39(49)54-43(7,8)9)25-29-15-13-17-33(23-29)56(51)34-18-14-16-30(24-34)26-36(38(48)53-42(4,5)6)32-20-22-46(28-32)40(50)55-44(10,11)12/h13-18,23-24,31-32,35-36H,19-22,25-28H2,1-12H3/t31-,32-,35-,36-/m0/s1. The zero-order valence-corrected chi connectivity index (χ0v) is 36.4. The maximum absolute atomic E-state index is 14.2. The smallest absolute Gasteiger partial charge is 0.410 e. The third-order valence-electron chi connectivity index (χ3n) is 9.45. The van der Waals surface area contributed by atoms with E-state index in [1.165, 1.54) is 0 Å². The van der Waals surface area contributed by atoms with Crippen molar-refractivity contribution in [3.63, 3.8) is 0 Å². The van der Waals surface area contributed by atoms with Gasteiger partial charge in [-0.2, -0.15) is 0 Å². The van der Waals surface area contributed by atoms with Gasteiger partial charge >= 0.3 is 24.1 Å². The van der Waals surface area contributed by atoms with Gasteiger partial charge in [0.05, 0.1) is 11.8 Å². The first kappa shape index (κ1) is 44.9. The van der Waals surface area contributed by atoms with E-state index in [2.05, 4.69) is 0 Å². The molecule has 2 fully saturated rings. The summed E-state index contributed by atoms with van der Waals surface area (Å²) in [7, 11) is 0. The molecule has 2 heterocycles. The van der Waals surface area contributed by atoms with E-state index >= 15 is 0 Å². The van der Waals surface area contributed by atoms with Gasteiger partial charge in [-0.25, -0.2) is 9.59 Å². The van der Waals surface area contributed by atoms with Crippen molar-refractivity contribution in [3.05, 3.63) is 59.7 Å². The molecule has 11 nitrogen and oxygen atoms in total. The Labute approximate surface area is 337 Å². The Morgan fingerprint density at radius 2 is 0.946 bits per heavy atom. The molecule has 4 rings (SSSR count). The highest BCUT2D eigenvalue weighted by atomic mass is 32.2. The van der Waals surface area contributed by atoms with Crippen molar-refractivity contribution in [2.45, 2.75) is 141 Å². The maximum Gasteiger partial charge on any atom is 0.410 e. The van der Waals surface area contributed by atoms with E-state index in [1.807, 2.05) is 132 Å². The zero-order chi connectivity index (χ0) is 41.8. The molecule has 4 atom stereocenters. The first-order valence-corrected chi connectivity index (χ1v) is 20.9. The number of likely N-dealkylation sites (tertiary alicyclic amines) is 2. The van der Waals surface area contributed by atoms with Gasteiger partial charge in [-0.05, 0) is 156 Å². The summed E-state index contributed by atoms with van der Waals surface area (Å²) in [5, 5.41) is 0. The van der Waals surface area contributed by atoms with Gasteiger partial charge in [0.25, 0.3) is 0 Å². The normalized spacial score (nSPS) is 19.1. The molecular weight excluding hydrogens is 733 g/mol. The number of ether oxygens (including phenoxy) is 4. The molecule has 2 amide bonds. The molecule has 310 valence electrons. The fourth-order valence-electron chi connectivity index (χ4n) is 7.08. The van der Waals surface area contributed by atoms with Gasteiger partial charge in [-0.1, -0.05) is 24.3 Å². The van der Waals surface area contributed by atoms with Crippen molar-refractivity contribution >= 4 is 35.3 Å². The summed E-state index contributed by atoms with van der Waals surface area (Å²) in [6.07, 6.45) is 1.17. The highest BCUT2D eigenvalue weighted by molar-refractivity contribution is 7.91. The minimum absolute atomic E-state index is 0.141. The van der Waals surface area contributed by atoms with Crippen molar-refractivity contribution in [3.8, 4) is 0 Å². The number of rotatable bonds is 10. The van der Waals surface area contributed by atoms with Crippen LogP contribution in [0.3, 0.4) is 0 Å². The summed E-state index contributed by atoms with van der Waals surface area (Å²) >= 11 is -1.57. The third-order valence-corrected chi connectivity index (χ3v) is 10.8. The van der Waals surface area contributed by atoms with E-state index in [-0.39, 0.29) is 23.8 Å². The van der Waals surface area contributed by atoms with E-state index in [4.69, 9.17) is 18.9 Å². The molecule has 0 N–H and O–H groups in total. The van der Waals surface area contributed by atoms with E-state index in [0.29, 0.717) is 61.7 Å². The van der Waals surface area contributed by atoms with Crippen LogP contribution in [0.1, 0.15) is 107 Å². The molecule has 0 aromatic heterocycles. The van der Waals surface area contributed by atoms with Crippen molar-refractivity contribution < 1.29 is 42.7 Å². The number of benzene rings is 2. The van der Waals surface area contributed by atoms with Crippen molar-refractivity contribution in [2.75, 3.05) is 26.2 Å². The lowest BCUT2D eigenvalue weighted by Gasteiger charge is -2.28. The first-order chi connectivity index (χ1) is 25.8. The molecule has 0 bridgehead atoms. The predicted molar refractivity (Wildman–Crippen MR) is 215 cm³/mol. The summed E-state index contributed by atoms with van der Waals surface area (Å²) in [4.78, 5) is 57.6. The monoisotopic (exact) mass is 796 g/mol. The molecule has 0 radical (unpaired) electrons. The molecule has 0 saturated carbocycles. The van der Waals surface area contributed by atoms with Crippen LogP contribution >= 0.6 is 0 Å². The Kier molecular flexibility index (Phi) is 14.3. The van der Waals surface area contributed by atoms with Crippen LogP contribution in [0.2, 0.25) is 0 Å². The minimum atomic E-state index is -1.57. The Morgan fingerprint density at radius 3 is 1.27 bits per heavy atom. The lowest BCUT2D eigenvalue weighted by atomic mass is 9.86. The summed E-state index contributed by atoms with van der Waals surface area (Å²) in [5.41, 5.74) is -0.971. The lowest BCUT2D eigenvalue weighted by molar-refractivity contribution is -0.163. The minimum Gasteiger partial charge on any atom is -0.606 e. The Morgan fingerprint density at radius 1 is 0.607 bits per heavy atom. The maximum atomic E-state index is 14.2. The van der Waals surface area contributed by atoms with Crippen molar-refractivity contribution in [1.29, 1.82) is 0 Å². The molecule has 2 aromatic carbocycles. The molecule has 2 aromatic rings. The van der Waals surface area contributed by atoms with Crippen LogP contribution in [-0.4, -0.2) is 87.1 Å². The van der Waals surface area contributed by atoms with Gasteiger partial charge in [0.15, 0.2) is 9.79 Å². The molecule has 56 heavy (non-hydrogen) atoms. The second kappa shape index (κ2) is 17.8. The van der Waals surface area contributed by atoms with Gasteiger partial charge in [0, 0.05) is 37.4 Å². The second-order valence-electron chi connectivity index (χ2n) is 19.2. The summed E-state index contributed by atoms with van der Waals surface area (Å²) in [5.74, 6) is -2.00. The average Bonchev–Trinajstić information content (AvgIpc) is 3.74. The van der Waals surface area contributed by atoms with Gasteiger partial charge in [0.2, 0.25) is 0 Å². The number of carbonyl (C=O) groups excluding carboxylic acids is 4. The molecule has 0 spiro atoms. The SMILES string of the molecule is CC(C)(C)OC(=O)[C@@H](Cc1cccc([S+]([O-])c2cccc(C[C@H](C(=O)OC(C)(C)C)[C@H]3CCN(C(=O)OC(C)(C)C)C3)c2)c1)[C@H]1CCN(C(=O)OC(C)(C)C)C1. The number of hydrogen-bond donors (Lipinski definition) is 0. The Bertz CT molecular complexity index is 1580. The number of nitrogens with zero attached hydrogens (tertiary/aromatic N) is 2.